The Morgan fingerprint density at radius 1 is 1.30 bits per heavy atom. The van der Waals surface area contributed by atoms with Crippen molar-refractivity contribution in [3.8, 4) is 0 Å². The molecule has 0 saturated heterocycles. The molecule has 1 N–H and O–H groups in total. The number of hydrogen-bond acceptors (Lipinski definition) is 5. The molecular weight excluding hydrogens is 348 g/mol. The van der Waals surface area contributed by atoms with Crippen LogP contribution in [0.4, 0.5) is 10.5 Å². The van der Waals surface area contributed by atoms with E-state index in [4.69, 9.17) is 9.47 Å². The van der Waals surface area contributed by atoms with Gasteiger partial charge in [0.25, 0.3) is 0 Å². The van der Waals surface area contributed by atoms with E-state index in [-0.39, 0.29) is 11.9 Å². The van der Waals surface area contributed by atoms with E-state index in [1.165, 1.54) is 4.90 Å². The largest absolute Gasteiger partial charge is 0.462 e. The number of ether oxygens (including phenoxy) is 2. The van der Waals surface area contributed by atoms with Gasteiger partial charge in [0, 0.05) is 12.7 Å². The SMILES string of the molecule is CCOC(=O)c1ccc2c(c1)CCC[C@H](NC(=O)OC(C)(C)C)C(=O)N2C. The van der Waals surface area contributed by atoms with E-state index >= 15 is 0 Å². The lowest BCUT2D eigenvalue weighted by Gasteiger charge is -2.30. The van der Waals surface area contributed by atoms with Crippen LogP contribution in [0, 0.1) is 0 Å². The maximum Gasteiger partial charge on any atom is 0.408 e. The smallest absolute Gasteiger partial charge is 0.408 e. The summed E-state index contributed by atoms with van der Waals surface area (Å²) in [5.74, 6) is -0.591. The molecule has 0 fully saturated rings. The molecule has 0 unspecified atom stereocenters. The molecule has 1 aromatic rings. The van der Waals surface area contributed by atoms with Crippen molar-refractivity contribution in [2.24, 2.45) is 0 Å². The van der Waals surface area contributed by atoms with Crippen molar-refractivity contribution in [1.29, 1.82) is 0 Å². The minimum atomic E-state index is -0.650. The molecular formula is C20H28N2O5. The zero-order valence-corrected chi connectivity index (χ0v) is 16.6. The van der Waals surface area contributed by atoms with Crippen molar-refractivity contribution < 1.29 is 23.9 Å². The van der Waals surface area contributed by atoms with Crippen molar-refractivity contribution in [2.45, 2.75) is 58.6 Å². The monoisotopic (exact) mass is 376 g/mol. The fraction of sp³-hybridized carbons (Fsp3) is 0.550. The summed E-state index contributed by atoms with van der Waals surface area (Å²) in [7, 11) is 1.67. The van der Waals surface area contributed by atoms with E-state index < -0.39 is 17.7 Å². The second-order valence-electron chi connectivity index (χ2n) is 7.55. The van der Waals surface area contributed by atoms with Crippen LogP contribution in [0.25, 0.3) is 0 Å². The summed E-state index contributed by atoms with van der Waals surface area (Å²) in [6, 6.07) is 4.52. The van der Waals surface area contributed by atoms with Gasteiger partial charge in [0.2, 0.25) is 5.91 Å². The molecule has 0 aliphatic carbocycles. The van der Waals surface area contributed by atoms with Crippen LogP contribution in [0.2, 0.25) is 0 Å². The summed E-state index contributed by atoms with van der Waals surface area (Å²) in [4.78, 5) is 38.4. The standard InChI is InChI=1S/C20H28N2O5/c1-6-26-18(24)14-10-11-16-13(12-14)8-7-9-15(17(23)22(16)5)21-19(25)27-20(2,3)4/h10-12,15H,6-9H2,1-5H3,(H,21,25)/t15-/m0/s1. The third-order valence-corrected chi connectivity index (χ3v) is 4.21. The second-order valence-corrected chi connectivity index (χ2v) is 7.55. The first-order chi connectivity index (χ1) is 12.6. The average molecular weight is 376 g/mol. The van der Waals surface area contributed by atoms with E-state index in [0.29, 0.717) is 31.4 Å². The average Bonchev–Trinajstić information content (AvgIpc) is 2.57. The van der Waals surface area contributed by atoms with Crippen LogP contribution in [-0.4, -0.2) is 43.3 Å². The molecule has 7 heteroatoms. The van der Waals surface area contributed by atoms with Gasteiger partial charge in [-0.15, -0.1) is 0 Å². The quantitative estimate of drug-likeness (QED) is 0.820. The van der Waals surface area contributed by atoms with Crippen LogP contribution in [-0.2, 0) is 20.7 Å². The van der Waals surface area contributed by atoms with Gasteiger partial charge in [-0.25, -0.2) is 9.59 Å². The fourth-order valence-corrected chi connectivity index (χ4v) is 3.01. The van der Waals surface area contributed by atoms with Crippen molar-refractivity contribution in [2.75, 3.05) is 18.6 Å². The van der Waals surface area contributed by atoms with Crippen molar-refractivity contribution in [3.05, 3.63) is 29.3 Å². The number of nitrogens with one attached hydrogen (secondary N) is 1. The van der Waals surface area contributed by atoms with Gasteiger partial charge in [0.05, 0.1) is 12.2 Å². The summed E-state index contributed by atoms with van der Waals surface area (Å²) in [6.45, 7) is 7.39. The number of hydrogen-bond donors (Lipinski definition) is 1. The van der Waals surface area contributed by atoms with Gasteiger partial charge in [-0.05, 0) is 70.7 Å². The number of fused-ring (bicyclic) bond motifs is 1. The van der Waals surface area contributed by atoms with E-state index in [9.17, 15) is 14.4 Å². The Bertz CT molecular complexity index is 724. The van der Waals surface area contributed by atoms with Crippen LogP contribution in [0.15, 0.2) is 18.2 Å². The number of alkyl carbamates (subject to hydrolysis) is 1. The Hall–Kier alpha value is -2.57. The first-order valence-corrected chi connectivity index (χ1v) is 9.19. The van der Waals surface area contributed by atoms with Crippen LogP contribution >= 0.6 is 0 Å². The molecule has 1 aliphatic heterocycles. The molecule has 1 aromatic carbocycles. The van der Waals surface area contributed by atoms with E-state index in [1.54, 1.807) is 52.9 Å². The van der Waals surface area contributed by atoms with Crippen molar-refractivity contribution in [1.82, 2.24) is 5.32 Å². The molecule has 1 heterocycles. The Kier molecular flexibility index (Phi) is 6.46. The first kappa shape index (κ1) is 20.7. The Morgan fingerprint density at radius 2 is 2.00 bits per heavy atom. The topological polar surface area (TPSA) is 84.9 Å². The van der Waals surface area contributed by atoms with Gasteiger partial charge in [-0.3, -0.25) is 4.79 Å². The molecule has 2 amide bonds. The van der Waals surface area contributed by atoms with Crippen LogP contribution in [0.1, 0.15) is 56.5 Å². The Labute approximate surface area is 160 Å². The molecule has 7 nitrogen and oxygen atoms in total. The summed E-state index contributed by atoms with van der Waals surface area (Å²) >= 11 is 0. The number of aryl methyl sites for hydroxylation is 1. The van der Waals surface area contributed by atoms with E-state index in [2.05, 4.69) is 5.32 Å². The third kappa shape index (κ3) is 5.45. The molecule has 1 atom stereocenters. The maximum absolute atomic E-state index is 12.8. The minimum absolute atomic E-state index is 0.217. The summed E-state index contributed by atoms with van der Waals surface area (Å²) in [6.07, 6.45) is 1.27. The van der Waals surface area contributed by atoms with E-state index in [0.717, 1.165) is 11.3 Å². The van der Waals surface area contributed by atoms with Gasteiger partial charge in [0.15, 0.2) is 0 Å². The number of carbonyl (C=O) groups excluding carboxylic acids is 3. The highest BCUT2D eigenvalue weighted by molar-refractivity contribution is 6.00. The lowest BCUT2D eigenvalue weighted by Crippen LogP contribution is -2.49. The third-order valence-electron chi connectivity index (χ3n) is 4.21. The number of esters is 1. The summed E-state index contributed by atoms with van der Waals surface area (Å²) < 4.78 is 10.3. The maximum atomic E-state index is 12.8. The van der Waals surface area contributed by atoms with Gasteiger partial charge in [-0.2, -0.15) is 0 Å². The summed E-state index contributed by atoms with van der Waals surface area (Å²) in [5, 5.41) is 2.67. The van der Waals surface area contributed by atoms with Gasteiger partial charge >= 0.3 is 12.1 Å². The highest BCUT2D eigenvalue weighted by Crippen LogP contribution is 2.27. The zero-order valence-electron chi connectivity index (χ0n) is 16.6. The molecule has 1 aliphatic rings. The number of carbonyl (C=O) groups is 3. The molecule has 0 aromatic heterocycles. The number of likely N-dealkylation sites (N-methyl/N-ethyl adjacent to an activating group) is 1. The summed E-state index contributed by atoms with van der Waals surface area (Å²) in [5.41, 5.74) is 1.48. The molecule has 0 radical (unpaired) electrons. The zero-order chi connectivity index (χ0) is 20.2. The normalized spacial score (nSPS) is 17.4. The van der Waals surface area contributed by atoms with E-state index in [1.807, 2.05) is 0 Å². The van der Waals surface area contributed by atoms with Gasteiger partial charge in [0.1, 0.15) is 11.6 Å². The van der Waals surface area contributed by atoms with Crippen LogP contribution < -0.4 is 10.2 Å². The van der Waals surface area contributed by atoms with Crippen molar-refractivity contribution in [3.63, 3.8) is 0 Å². The Balaban J connectivity index is 2.18. The molecule has 0 bridgehead atoms. The van der Waals surface area contributed by atoms with Crippen molar-refractivity contribution >= 4 is 23.7 Å². The number of benzene rings is 1. The number of amides is 2. The molecule has 27 heavy (non-hydrogen) atoms. The molecule has 0 saturated carbocycles. The lowest BCUT2D eigenvalue weighted by molar-refractivity contribution is -0.120. The number of anilines is 1. The lowest BCUT2D eigenvalue weighted by atomic mass is 9.97. The fourth-order valence-electron chi connectivity index (χ4n) is 3.01. The van der Waals surface area contributed by atoms with Gasteiger partial charge < -0.3 is 19.7 Å². The second kappa shape index (κ2) is 8.41. The molecule has 2 rings (SSSR count). The Morgan fingerprint density at radius 3 is 2.63 bits per heavy atom. The van der Waals surface area contributed by atoms with Crippen LogP contribution in [0.3, 0.4) is 0 Å². The number of nitrogens with zero attached hydrogens (tertiary/aromatic N) is 1. The molecule has 0 spiro atoms. The molecule has 148 valence electrons. The minimum Gasteiger partial charge on any atom is -0.462 e. The predicted molar refractivity (Wildman–Crippen MR) is 102 cm³/mol. The van der Waals surface area contributed by atoms with Crippen LogP contribution in [0.5, 0.6) is 0 Å². The predicted octanol–water partition coefficient (Wildman–Crippen LogP) is 3.06. The highest BCUT2D eigenvalue weighted by atomic mass is 16.6. The number of rotatable bonds is 3. The van der Waals surface area contributed by atoms with Gasteiger partial charge in [-0.1, -0.05) is 0 Å². The first-order valence-electron chi connectivity index (χ1n) is 9.19. The highest BCUT2D eigenvalue weighted by Gasteiger charge is 2.29.